The Bertz CT molecular complexity index is 542. The lowest BCUT2D eigenvalue weighted by molar-refractivity contribution is 0.632. The molecule has 0 unspecified atom stereocenters. The van der Waals surface area contributed by atoms with Crippen molar-refractivity contribution in [3.05, 3.63) is 40.3 Å². The van der Waals surface area contributed by atoms with E-state index in [0.717, 1.165) is 0 Å². The summed E-state index contributed by atoms with van der Waals surface area (Å²) in [6.45, 7) is 0. The van der Waals surface area contributed by atoms with Gasteiger partial charge in [0, 0.05) is 11.1 Å². The molecule has 1 aromatic carbocycles. The third kappa shape index (κ3) is 2.95. The maximum atomic E-state index is 13.4. The van der Waals surface area contributed by atoms with Crippen LogP contribution in [0.1, 0.15) is 0 Å². The minimum Gasteiger partial charge on any atom is -0.368 e. The van der Waals surface area contributed by atoms with Gasteiger partial charge in [0.1, 0.15) is 16.8 Å². The van der Waals surface area contributed by atoms with Crippen molar-refractivity contribution in [1.29, 1.82) is 0 Å². The molecule has 2 aromatic rings. The molecule has 0 saturated carbocycles. The van der Waals surface area contributed by atoms with Crippen LogP contribution in [0.3, 0.4) is 0 Å². The van der Waals surface area contributed by atoms with Crippen molar-refractivity contribution in [3.8, 4) is 0 Å². The third-order valence-corrected chi connectivity index (χ3v) is 2.33. The Balaban J connectivity index is 2.34. The van der Waals surface area contributed by atoms with E-state index in [9.17, 15) is 4.39 Å². The molecule has 0 fully saturated rings. The van der Waals surface area contributed by atoms with Crippen molar-refractivity contribution >= 4 is 40.7 Å². The van der Waals surface area contributed by atoms with Gasteiger partial charge < -0.3 is 11.1 Å². The number of hydrogen-bond donors (Lipinski definition) is 2. The van der Waals surface area contributed by atoms with E-state index < -0.39 is 5.82 Å². The summed E-state index contributed by atoms with van der Waals surface area (Å²) in [5.41, 5.74) is 5.60. The molecule has 3 N–H and O–H groups in total. The summed E-state index contributed by atoms with van der Waals surface area (Å²) >= 11 is 11.5. The van der Waals surface area contributed by atoms with E-state index in [2.05, 4.69) is 15.3 Å². The van der Waals surface area contributed by atoms with E-state index in [1.54, 1.807) is 0 Å². The molecule has 88 valence electrons. The molecule has 0 aliphatic heterocycles. The highest BCUT2D eigenvalue weighted by Crippen LogP contribution is 2.23. The molecule has 0 aliphatic rings. The van der Waals surface area contributed by atoms with Crippen LogP contribution in [0, 0.1) is 5.82 Å². The molecule has 7 heteroatoms. The second-order valence-electron chi connectivity index (χ2n) is 3.18. The first-order valence-electron chi connectivity index (χ1n) is 4.57. The van der Waals surface area contributed by atoms with E-state index >= 15 is 0 Å². The second-order valence-corrected chi connectivity index (χ2v) is 4.01. The molecular formula is C10H7Cl2FN4. The van der Waals surface area contributed by atoms with Crippen LogP contribution < -0.4 is 11.1 Å². The summed E-state index contributed by atoms with van der Waals surface area (Å²) in [7, 11) is 0. The van der Waals surface area contributed by atoms with Crippen molar-refractivity contribution in [3.63, 3.8) is 0 Å². The molecule has 0 amide bonds. The van der Waals surface area contributed by atoms with Gasteiger partial charge in [0.05, 0.1) is 5.69 Å². The minimum atomic E-state index is -0.456. The van der Waals surface area contributed by atoms with Crippen LogP contribution in [-0.4, -0.2) is 9.97 Å². The van der Waals surface area contributed by atoms with Crippen molar-refractivity contribution < 1.29 is 4.39 Å². The van der Waals surface area contributed by atoms with Gasteiger partial charge in [-0.05, 0) is 18.2 Å². The van der Waals surface area contributed by atoms with Gasteiger partial charge in [0.15, 0.2) is 0 Å². The van der Waals surface area contributed by atoms with Crippen LogP contribution in [0.2, 0.25) is 10.2 Å². The first kappa shape index (κ1) is 11.9. The van der Waals surface area contributed by atoms with Gasteiger partial charge in [-0.15, -0.1) is 0 Å². The summed E-state index contributed by atoms with van der Waals surface area (Å²) in [6.07, 6.45) is 0. The number of benzene rings is 1. The lowest BCUT2D eigenvalue weighted by Crippen LogP contribution is -2.01. The van der Waals surface area contributed by atoms with Gasteiger partial charge in [-0.3, -0.25) is 0 Å². The third-order valence-electron chi connectivity index (χ3n) is 1.90. The Kier molecular flexibility index (Phi) is 3.31. The number of nitrogens with one attached hydrogen (secondary N) is 1. The maximum Gasteiger partial charge on any atom is 0.223 e. The fourth-order valence-electron chi connectivity index (χ4n) is 1.23. The zero-order chi connectivity index (χ0) is 12.4. The fourth-order valence-corrected chi connectivity index (χ4v) is 1.59. The van der Waals surface area contributed by atoms with Gasteiger partial charge in [0.2, 0.25) is 5.95 Å². The monoisotopic (exact) mass is 272 g/mol. The van der Waals surface area contributed by atoms with E-state index in [-0.39, 0.29) is 16.8 Å². The predicted molar refractivity (Wildman–Crippen MR) is 66.1 cm³/mol. The van der Waals surface area contributed by atoms with Crippen molar-refractivity contribution in [2.45, 2.75) is 0 Å². The number of nitrogens with zero attached hydrogens (tertiary/aromatic N) is 2. The molecule has 2 rings (SSSR count). The zero-order valence-electron chi connectivity index (χ0n) is 8.42. The smallest absolute Gasteiger partial charge is 0.223 e. The number of nitrogens with two attached hydrogens (primary N) is 1. The highest BCUT2D eigenvalue weighted by molar-refractivity contribution is 6.31. The molecule has 0 atom stereocenters. The Hall–Kier alpha value is -1.59. The fraction of sp³-hybridized carbons (Fsp3) is 0. The van der Waals surface area contributed by atoms with Crippen molar-refractivity contribution in [2.24, 2.45) is 0 Å². The molecule has 17 heavy (non-hydrogen) atoms. The number of rotatable bonds is 2. The summed E-state index contributed by atoms with van der Waals surface area (Å²) in [5, 5.41) is 3.29. The van der Waals surface area contributed by atoms with Crippen LogP contribution >= 0.6 is 23.2 Å². The molecule has 0 aliphatic carbocycles. The Morgan fingerprint density at radius 2 is 1.94 bits per heavy atom. The van der Waals surface area contributed by atoms with E-state index in [4.69, 9.17) is 28.9 Å². The van der Waals surface area contributed by atoms with Crippen LogP contribution in [0.5, 0.6) is 0 Å². The van der Waals surface area contributed by atoms with Crippen molar-refractivity contribution in [1.82, 2.24) is 9.97 Å². The maximum absolute atomic E-state index is 13.4. The molecule has 1 aromatic heterocycles. The molecule has 0 saturated heterocycles. The molecule has 0 bridgehead atoms. The highest BCUT2D eigenvalue weighted by atomic mass is 35.5. The van der Waals surface area contributed by atoms with Gasteiger partial charge in [-0.25, -0.2) is 9.37 Å². The largest absolute Gasteiger partial charge is 0.368 e. The number of anilines is 3. The quantitative estimate of drug-likeness (QED) is 0.824. The molecule has 0 radical (unpaired) electrons. The zero-order valence-corrected chi connectivity index (χ0v) is 9.93. The van der Waals surface area contributed by atoms with E-state index in [0.29, 0.717) is 10.8 Å². The van der Waals surface area contributed by atoms with Crippen LogP contribution in [0.15, 0.2) is 24.3 Å². The van der Waals surface area contributed by atoms with Gasteiger partial charge in [-0.2, -0.15) is 4.98 Å². The van der Waals surface area contributed by atoms with Gasteiger partial charge in [-0.1, -0.05) is 23.2 Å². The lowest BCUT2D eigenvalue weighted by Gasteiger charge is -2.07. The van der Waals surface area contributed by atoms with Crippen LogP contribution in [0.4, 0.5) is 21.8 Å². The topological polar surface area (TPSA) is 63.8 Å². The molecule has 4 nitrogen and oxygen atoms in total. The summed E-state index contributed by atoms with van der Waals surface area (Å²) < 4.78 is 13.4. The Labute approximate surface area is 107 Å². The number of hydrogen-bond acceptors (Lipinski definition) is 4. The Morgan fingerprint density at radius 1 is 1.18 bits per heavy atom. The van der Waals surface area contributed by atoms with Crippen LogP contribution in [-0.2, 0) is 0 Å². The van der Waals surface area contributed by atoms with Crippen LogP contribution in [0.25, 0.3) is 0 Å². The molecule has 1 heterocycles. The number of nitrogen functional groups attached to an aromatic ring is 1. The predicted octanol–water partition coefficient (Wildman–Crippen LogP) is 3.25. The second kappa shape index (κ2) is 4.73. The normalized spacial score (nSPS) is 10.3. The van der Waals surface area contributed by atoms with Crippen molar-refractivity contribution in [2.75, 3.05) is 11.1 Å². The highest BCUT2D eigenvalue weighted by Gasteiger charge is 2.06. The standard InChI is InChI=1S/C10H7Cl2FN4/c11-5-1-2-6(13)7(3-5)15-9-4-8(12)16-10(14)17-9/h1-4H,(H3,14,15,16,17). The lowest BCUT2D eigenvalue weighted by atomic mass is 10.3. The number of halogens is 3. The first-order chi connectivity index (χ1) is 8.04. The Morgan fingerprint density at radius 3 is 2.65 bits per heavy atom. The SMILES string of the molecule is Nc1nc(Cl)cc(Nc2cc(Cl)ccc2F)n1. The first-order valence-corrected chi connectivity index (χ1v) is 5.32. The van der Waals surface area contributed by atoms with E-state index in [1.807, 2.05) is 0 Å². The number of aromatic nitrogens is 2. The molecule has 0 spiro atoms. The molecular weight excluding hydrogens is 266 g/mol. The average molecular weight is 273 g/mol. The summed E-state index contributed by atoms with van der Waals surface area (Å²) in [5.74, 6) is -0.159. The van der Waals surface area contributed by atoms with Gasteiger partial charge in [0.25, 0.3) is 0 Å². The summed E-state index contributed by atoms with van der Waals surface area (Å²) in [6, 6.07) is 5.56. The van der Waals surface area contributed by atoms with E-state index in [1.165, 1.54) is 24.3 Å². The van der Waals surface area contributed by atoms with Gasteiger partial charge >= 0.3 is 0 Å². The minimum absolute atomic E-state index is 0.00226. The average Bonchev–Trinajstić information content (AvgIpc) is 2.22. The summed E-state index contributed by atoms with van der Waals surface area (Å²) in [4.78, 5) is 7.55.